The zero-order valence-corrected chi connectivity index (χ0v) is 17.0. The SMILES string of the molecule is CC1(C23CN(C(=O)O)CC2C3CCNC(=O)c2cc3cc(N)ncc3s2)COC1. The summed E-state index contributed by atoms with van der Waals surface area (Å²) in [5, 5.41) is 13.3. The van der Waals surface area contributed by atoms with Crippen LogP contribution in [0.5, 0.6) is 0 Å². The molecule has 9 heteroatoms. The quantitative estimate of drug-likeness (QED) is 0.688. The normalized spacial score (nSPS) is 29.3. The van der Waals surface area contributed by atoms with Gasteiger partial charge in [0.2, 0.25) is 0 Å². The smallest absolute Gasteiger partial charge is 0.407 e. The summed E-state index contributed by atoms with van der Waals surface area (Å²) in [6, 6.07) is 3.62. The van der Waals surface area contributed by atoms with Gasteiger partial charge in [-0.3, -0.25) is 4.79 Å². The predicted molar refractivity (Wildman–Crippen MR) is 109 cm³/mol. The first-order valence-corrected chi connectivity index (χ1v) is 10.6. The Kier molecular flexibility index (Phi) is 4.05. The van der Waals surface area contributed by atoms with E-state index >= 15 is 0 Å². The summed E-state index contributed by atoms with van der Waals surface area (Å²) in [4.78, 5) is 30.3. The van der Waals surface area contributed by atoms with E-state index < -0.39 is 6.09 Å². The zero-order chi connectivity index (χ0) is 20.4. The minimum atomic E-state index is -0.840. The Bertz CT molecular complexity index is 1000. The number of nitrogens with two attached hydrogens (primary N) is 1. The molecule has 0 radical (unpaired) electrons. The Labute approximate surface area is 172 Å². The fraction of sp³-hybridized carbons (Fsp3) is 0.550. The van der Waals surface area contributed by atoms with E-state index in [1.165, 1.54) is 11.3 Å². The first-order chi connectivity index (χ1) is 13.8. The molecule has 1 saturated carbocycles. The largest absolute Gasteiger partial charge is 0.465 e. The molecule has 2 saturated heterocycles. The highest BCUT2D eigenvalue weighted by atomic mass is 32.1. The summed E-state index contributed by atoms with van der Waals surface area (Å²) in [5.41, 5.74) is 5.74. The molecule has 3 aliphatic rings. The third-order valence-electron chi connectivity index (χ3n) is 7.19. The van der Waals surface area contributed by atoms with Gasteiger partial charge in [0.05, 0.1) is 22.8 Å². The average Bonchev–Trinajstić information content (AvgIpc) is 3.01. The van der Waals surface area contributed by atoms with Gasteiger partial charge < -0.3 is 25.8 Å². The van der Waals surface area contributed by atoms with Gasteiger partial charge in [-0.2, -0.15) is 0 Å². The van der Waals surface area contributed by atoms with Crippen molar-refractivity contribution >= 4 is 39.2 Å². The van der Waals surface area contributed by atoms with E-state index in [9.17, 15) is 14.7 Å². The van der Waals surface area contributed by atoms with E-state index in [1.807, 2.05) is 6.07 Å². The number of piperidine rings is 1. The highest BCUT2D eigenvalue weighted by Gasteiger charge is 2.77. The number of hydrogen-bond donors (Lipinski definition) is 3. The number of nitrogen functional groups attached to an aromatic ring is 1. The third-order valence-corrected chi connectivity index (χ3v) is 8.28. The van der Waals surface area contributed by atoms with E-state index in [-0.39, 0.29) is 16.7 Å². The Hall–Kier alpha value is -2.39. The van der Waals surface area contributed by atoms with Crippen molar-refractivity contribution in [1.29, 1.82) is 0 Å². The summed E-state index contributed by atoms with van der Waals surface area (Å²) in [6.45, 7) is 5.35. The highest BCUT2D eigenvalue weighted by molar-refractivity contribution is 7.20. The van der Waals surface area contributed by atoms with E-state index in [0.29, 0.717) is 55.4 Å². The zero-order valence-electron chi connectivity index (χ0n) is 16.2. The molecule has 3 fully saturated rings. The fourth-order valence-electron chi connectivity index (χ4n) is 5.62. The van der Waals surface area contributed by atoms with E-state index in [0.717, 1.165) is 16.5 Å². The number of anilines is 1. The van der Waals surface area contributed by atoms with Crippen molar-refractivity contribution in [3.05, 3.63) is 23.2 Å². The molecular formula is C20H24N4O4S. The highest BCUT2D eigenvalue weighted by Crippen LogP contribution is 2.74. The number of aromatic nitrogens is 1. The van der Waals surface area contributed by atoms with Crippen LogP contribution < -0.4 is 11.1 Å². The van der Waals surface area contributed by atoms with Crippen molar-refractivity contribution in [3.8, 4) is 0 Å². The van der Waals surface area contributed by atoms with Crippen LogP contribution in [0.3, 0.4) is 0 Å². The molecule has 2 aromatic rings. The third kappa shape index (κ3) is 2.71. The number of carbonyl (C=O) groups excluding carboxylic acids is 1. The maximum atomic E-state index is 12.6. The maximum absolute atomic E-state index is 12.6. The van der Waals surface area contributed by atoms with Crippen LogP contribution >= 0.6 is 11.3 Å². The number of carboxylic acid groups (broad SMARTS) is 1. The molecule has 0 bridgehead atoms. The van der Waals surface area contributed by atoms with Crippen molar-refractivity contribution in [2.75, 3.05) is 38.6 Å². The molecule has 154 valence electrons. The molecule has 1 aliphatic carbocycles. The number of thiophene rings is 1. The van der Waals surface area contributed by atoms with Crippen LogP contribution in [0.25, 0.3) is 10.1 Å². The number of carbonyl (C=O) groups is 2. The molecule has 2 amide bonds. The topological polar surface area (TPSA) is 118 Å². The van der Waals surface area contributed by atoms with Crippen molar-refractivity contribution < 1.29 is 19.4 Å². The Morgan fingerprint density at radius 3 is 2.93 bits per heavy atom. The van der Waals surface area contributed by atoms with Crippen molar-refractivity contribution in [1.82, 2.24) is 15.2 Å². The second-order valence-electron chi connectivity index (χ2n) is 8.77. The molecule has 29 heavy (non-hydrogen) atoms. The van der Waals surface area contributed by atoms with Crippen LogP contribution in [0.15, 0.2) is 18.3 Å². The molecule has 4 heterocycles. The maximum Gasteiger partial charge on any atom is 0.407 e. The van der Waals surface area contributed by atoms with E-state index in [1.54, 1.807) is 17.2 Å². The van der Waals surface area contributed by atoms with Gasteiger partial charge in [0.25, 0.3) is 5.91 Å². The monoisotopic (exact) mass is 416 g/mol. The van der Waals surface area contributed by atoms with Crippen LogP contribution in [0, 0.1) is 22.7 Å². The number of nitrogens with zero attached hydrogens (tertiary/aromatic N) is 2. The average molecular weight is 417 g/mol. The molecule has 3 unspecified atom stereocenters. The number of hydrogen-bond acceptors (Lipinski definition) is 6. The summed E-state index contributed by atoms with van der Waals surface area (Å²) >= 11 is 1.41. The molecule has 2 aromatic heterocycles. The number of fused-ring (bicyclic) bond motifs is 2. The Balaban J connectivity index is 1.22. The lowest BCUT2D eigenvalue weighted by atomic mass is 9.70. The van der Waals surface area contributed by atoms with E-state index in [4.69, 9.17) is 10.5 Å². The molecule has 3 atom stereocenters. The first kappa shape index (κ1) is 18.6. The van der Waals surface area contributed by atoms with Crippen LogP contribution in [-0.2, 0) is 4.74 Å². The Morgan fingerprint density at radius 1 is 1.45 bits per heavy atom. The summed E-state index contributed by atoms with van der Waals surface area (Å²) in [5.74, 6) is 1.15. The lowest BCUT2D eigenvalue weighted by Crippen LogP contribution is -2.51. The predicted octanol–water partition coefficient (Wildman–Crippen LogP) is 2.26. The van der Waals surface area contributed by atoms with Crippen LogP contribution in [0.2, 0.25) is 0 Å². The van der Waals surface area contributed by atoms with Gasteiger partial charge in [-0.25, -0.2) is 9.78 Å². The molecule has 2 aliphatic heterocycles. The molecule has 4 N–H and O–H groups in total. The number of pyridine rings is 1. The first-order valence-electron chi connectivity index (χ1n) is 9.83. The Morgan fingerprint density at radius 2 is 2.24 bits per heavy atom. The van der Waals surface area contributed by atoms with Crippen LogP contribution in [0.1, 0.15) is 23.0 Å². The number of amides is 2. The van der Waals surface area contributed by atoms with Gasteiger partial charge in [0.1, 0.15) is 5.82 Å². The van der Waals surface area contributed by atoms with Crippen LogP contribution in [0.4, 0.5) is 10.6 Å². The standard InChI is InChI=1S/C20H24N4O4S/c1-19(9-28-10-19)20-8-24(18(26)27)7-13(20)12(20)2-3-22-17(25)14-4-11-5-16(21)23-6-15(11)29-14/h4-6,12-13H,2-3,7-10H2,1H3,(H2,21,23)(H,22,25)(H,26,27). The van der Waals surface area contributed by atoms with Gasteiger partial charge in [-0.1, -0.05) is 6.92 Å². The van der Waals surface area contributed by atoms with Crippen molar-refractivity contribution in [3.63, 3.8) is 0 Å². The molecule has 0 aromatic carbocycles. The molecule has 5 rings (SSSR count). The molecule has 0 spiro atoms. The lowest BCUT2D eigenvalue weighted by molar-refractivity contribution is -0.148. The summed E-state index contributed by atoms with van der Waals surface area (Å²) in [7, 11) is 0. The number of rotatable bonds is 5. The van der Waals surface area contributed by atoms with Crippen LogP contribution in [-0.4, -0.2) is 59.8 Å². The second-order valence-corrected chi connectivity index (χ2v) is 9.86. The van der Waals surface area contributed by atoms with Gasteiger partial charge in [0, 0.05) is 36.7 Å². The summed E-state index contributed by atoms with van der Waals surface area (Å²) in [6.07, 6.45) is 1.71. The summed E-state index contributed by atoms with van der Waals surface area (Å²) < 4.78 is 6.41. The van der Waals surface area contributed by atoms with Gasteiger partial charge in [0.15, 0.2) is 0 Å². The lowest BCUT2D eigenvalue weighted by Gasteiger charge is -2.46. The molecular weight excluding hydrogens is 392 g/mol. The number of ether oxygens (including phenoxy) is 1. The van der Waals surface area contributed by atoms with Crippen molar-refractivity contribution in [2.45, 2.75) is 13.3 Å². The minimum absolute atomic E-state index is 0.00479. The minimum Gasteiger partial charge on any atom is -0.465 e. The van der Waals surface area contributed by atoms with Gasteiger partial charge in [-0.05, 0) is 35.8 Å². The van der Waals surface area contributed by atoms with Crippen molar-refractivity contribution in [2.24, 2.45) is 22.7 Å². The van der Waals surface area contributed by atoms with E-state index in [2.05, 4.69) is 17.2 Å². The number of nitrogens with one attached hydrogen (secondary N) is 1. The van der Waals surface area contributed by atoms with Gasteiger partial charge >= 0.3 is 6.09 Å². The second kappa shape index (κ2) is 6.30. The fourth-order valence-corrected chi connectivity index (χ4v) is 6.55. The number of likely N-dealkylation sites (tertiary alicyclic amines) is 1. The van der Waals surface area contributed by atoms with Gasteiger partial charge in [-0.15, -0.1) is 11.3 Å². The molecule has 8 nitrogen and oxygen atoms in total.